The minimum absolute atomic E-state index is 0.310. The zero-order valence-electron chi connectivity index (χ0n) is 15.5. The first-order chi connectivity index (χ1) is 13.0. The Morgan fingerprint density at radius 2 is 1.74 bits per heavy atom. The molecule has 1 N–H and O–H groups in total. The van der Waals surface area contributed by atoms with Crippen LogP contribution in [-0.2, 0) is 13.0 Å². The lowest BCUT2D eigenvalue weighted by Crippen LogP contribution is -2.25. The fraction of sp³-hybridized carbons (Fsp3) is 0.227. The lowest BCUT2D eigenvalue weighted by atomic mass is 10.1. The van der Waals surface area contributed by atoms with Crippen molar-refractivity contribution >= 4 is 11.0 Å². The van der Waals surface area contributed by atoms with Crippen LogP contribution in [-0.4, -0.2) is 14.5 Å². The van der Waals surface area contributed by atoms with Crippen LogP contribution in [0.2, 0.25) is 0 Å². The summed E-state index contributed by atoms with van der Waals surface area (Å²) in [5, 5.41) is 0. The molecule has 0 bridgehead atoms. The van der Waals surface area contributed by atoms with Crippen molar-refractivity contribution in [1.29, 1.82) is 0 Å². The van der Waals surface area contributed by atoms with E-state index in [1.165, 1.54) is 11.6 Å². The molecular formula is C22H21N3O2. The third-order valence-corrected chi connectivity index (χ3v) is 5.06. The Morgan fingerprint density at radius 1 is 1.00 bits per heavy atom. The van der Waals surface area contributed by atoms with Crippen LogP contribution in [0.4, 0.5) is 0 Å². The highest BCUT2D eigenvalue weighted by Gasteiger charge is 2.17. The molecule has 0 amide bonds. The SMILES string of the molecule is Cc1cc2nc3c(=O)[nH]c(=O)cc-3n(CCCc3ccccc3)c2cc1C. The number of hydrogen-bond donors (Lipinski definition) is 1. The predicted molar refractivity (Wildman–Crippen MR) is 107 cm³/mol. The molecule has 5 nitrogen and oxygen atoms in total. The van der Waals surface area contributed by atoms with Gasteiger partial charge < -0.3 is 4.57 Å². The van der Waals surface area contributed by atoms with Gasteiger partial charge >= 0.3 is 0 Å². The van der Waals surface area contributed by atoms with Crippen molar-refractivity contribution in [1.82, 2.24) is 14.5 Å². The molecule has 2 heterocycles. The monoisotopic (exact) mass is 359 g/mol. The lowest BCUT2D eigenvalue weighted by Gasteiger charge is -2.19. The molecule has 0 saturated carbocycles. The first kappa shape index (κ1) is 17.2. The van der Waals surface area contributed by atoms with Gasteiger partial charge in [-0.15, -0.1) is 0 Å². The number of nitrogens with zero attached hydrogens (tertiary/aromatic N) is 2. The third-order valence-electron chi connectivity index (χ3n) is 5.06. The van der Waals surface area contributed by atoms with Crippen molar-refractivity contribution < 1.29 is 0 Å². The van der Waals surface area contributed by atoms with E-state index in [-0.39, 0.29) is 0 Å². The van der Waals surface area contributed by atoms with Crippen LogP contribution in [0.1, 0.15) is 23.1 Å². The quantitative estimate of drug-likeness (QED) is 0.568. The zero-order valence-corrected chi connectivity index (χ0v) is 15.5. The molecular weight excluding hydrogens is 338 g/mol. The van der Waals surface area contributed by atoms with Gasteiger partial charge in [0.1, 0.15) is 0 Å². The number of aromatic amines is 1. The highest BCUT2D eigenvalue weighted by Crippen LogP contribution is 2.25. The summed E-state index contributed by atoms with van der Waals surface area (Å²) >= 11 is 0. The van der Waals surface area contributed by atoms with E-state index >= 15 is 0 Å². The van der Waals surface area contributed by atoms with E-state index in [4.69, 9.17) is 0 Å². The molecule has 2 aromatic carbocycles. The average Bonchev–Trinajstić information content (AvgIpc) is 2.64. The van der Waals surface area contributed by atoms with Crippen LogP contribution >= 0.6 is 0 Å². The summed E-state index contributed by atoms with van der Waals surface area (Å²) < 4.78 is 2.06. The highest BCUT2D eigenvalue weighted by atomic mass is 16.2. The zero-order chi connectivity index (χ0) is 19.0. The highest BCUT2D eigenvalue weighted by molar-refractivity contribution is 5.81. The second-order valence-electron chi connectivity index (χ2n) is 6.97. The van der Waals surface area contributed by atoms with Crippen LogP contribution in [0.25, 0.3) is 22.4 Å². The predicted octanol–water partition coefficient (Wildman–Crippen LogP) is 3.44. The maximum absolute atomic E-state index is 12.3. The van der Waals surface area contributed by atoms with Gasteiger partial charge in [0.2, 0.25) is 0 Å². The van der Waals surface area contributed by atoms with E-state index in [9.17, 15) is 9.59 Å². The second kappa shape index (κ2) is 6.83. The Hall–Kier alpha value is -3.21. The topological polar surface area (TPSA) is 67.8 Å². The van der Waals surface area contributed by atoms with Crippen LogP contribution in [0.5, 0.6) is 0 Å². The summed E-state index contributed by atoms with van der Waals surface area (Å²) in [6, 6.07) is 15.9. The number of aryl methyl sites for hydroxylation is 4. The maximum Gasteiger partial charge on any atom is 0.278 e. The summed E-state index contributed by atoms with van der Waals surface area (Å²) in [6.45, 7) is 4.80. The largest absolute Gasteiger partial charge is 0.338 e. The van der Waals surface area contributed by atoms with Gasteiger partial charge in [-0.25, -0.2) is 4.98 Å². The molecule has 0 aliphatic carbocycles. The van der Waals surface area contributed by atoms with Crippen LogP contribution in [0, 0.1) is 13.8 Å². The molecule has 2 aliphatic rings. The smallest absolute Gasteiger partial charge is 0.278 e. The summed E-state index contributed by atoms with van der Waals surface area (Å²) in [6.07, 6.45) is 1.83. The molecule has 0 radical (unpaired) electrons. The number of rotatable bonds is 4. The summed E-state index contributed by atoms with van der Waals surface area (Å²) in [7, 11) is 0. The third kappa shape index (κ3) is 3.28. The number of benzene rings is 2. The lowest BCUT2D eigenvalue weighted by molar-refractivity contribution is 0.659. The summed E-state index contributed by atoms with van der Waals surface area (Å²) in [4.78, 5) is 31.1. The van der Waals surface area contributed by atoms with Crippen molar-refractivity contribution in [3.05, 3.63) is 85.9 Å². The van der Waals surface area contributed by atoms with Gasteiger partial charge in [-0.2, -0.15) is 0 Å². The molecule has 0 unspecified atom stereocenters. The Kier molecular flexibility index (Phi) is 4.36. The van der Waals surface area contributed by atoms with Crippen molar-refractivity contribution in [2.45, 2.75) is 33.2 Å². The van der Waals surface area contributed by atoms with Crippen molar-refractivity contribution in [3.8, 4) is 11.4 Å². The molecule has 0 atom stereocenters. The average molecular weight is 359 g/mol. The fourth-order valence-corrected chi connectivity index (χ4v) is 3.50. The van der Waals surface area contributed by atoms with E-state index < -0.39 is 11.1 Å². The van der Waals surface area contributed by atoms with Gasteiger partial charge in [-0.05, 0) is 55.5 Å². The number of aromatic nitrogens is 3. The Balaban J connectivity index is 1.85. The number of pyridine rings is 1. The number of H-pyrrole nitrogens is 1. The molecule has 136 valence electrons. The first-order valence-electron chi connectivity index (χ1n) is 9.12. The van der Waals surface area contributed by atoms with Crippen molar-refractivity contribution in [2.24, 2.45) is 0 Å². The van der Waals surface area contributed by atoms with E-state index in [2.05, 4.69) is 39.7 Å². The van der Waals surface area contributed by atoms with Gasteiger partial charge in [0.05, 0.1) is 16.7 Å². The second-order valence-corrected chi connectivity index (χ2v) is 6.97. The van der Waals surface area contributed by atoms with Gasteiger partial charge in [-0.3, -0.25) is 14.6 Å². The van der Waals surface area contributed by atoms with Gasteiger partial charge in [0.15, 0.2) is 5.69 Å². The van der Waals surface area contributed by atoms with Crippen LogP contribution < -0.4 is 11.1 Å². The van der Waals surface area contributed by atoms with E-state index in [1.807, 2.05) is 31.2 Å². The molecule has 0 aromatic heterocycles. The Labute approximate surface area is 156 Å². The normalized spacial score (nSPS) is 11.3. The molecule has 4 rings (SSSR count). The Bertz CT molecular complexity index is 1210. The van der Waals surface area contributed by atoms with Gasteiger partial charge in [-0.1, -0.05) is 30.3 Å². The molecule has 0 spiro atoms. The van der Waals surface area contributed by atoms with Gasteiger partial charge in [0.25, 0.3) is 11.1 Å². The summed E-state index contributed by atoms with van der Waals surface area (Å²) in [5.74, 6) is 0. The molecule has 2 aromatic rings. The number of fused-ring (bicyclic) bond motifs is 2. The van der Waals surface area contributed by atoms with E-state index in [1.54, 1.807) is 0 Å². The fourth-order valence-electron chi connectivity index (χ4n) is 3.50. The van der Waals surface area contributed by atoms with E-state index in [0.29, 0.717) is 17.9 Å². The number of nitrogens with one attached hydrogen (secondary N) is 1. The minimum atomic E-state index is -0.436. The molecule has 0 saturated heterocycles. The molecule has 5 heteroatoms. The van der Waals surface area contributed by atoms with Crippen molar-refractivity contribution in [2.75, 3.05) is 0 Å². The van der Waals surface area contributed by atoms with E-state index in [0.717, 1.165) is 35.0 Å². The molecule has 2 aliphatic heterocycles. The Morgan fingerprint density at radius 3 is 2.52 bits per heavy atom. The van der Waals surface area contributed by atoms with Crippen LogP contribution in [0.15, 0.2) is 58.1 Å². The number of hydrogen-bond acceptors (Lipinski definition) is 3. The van der Waals surface area contributed by atoms with Gasteiger partial charge in [0, 0.05) is 12.6 Å². The van der Waals surface area contributed by atoms with Crippen molar-refractivity contribution in [3.63, 3.8) is 0 Å². The standard InChI is InChI=1S/C22H21N3O2/c1-14-11-17-18(12-15(14)2)25(10-6-9-16-7-4-3-5-8-16)19-13-20(26)24-22(27)21(19)23-17/h3-5,7-8,11-13H,6,9-10H2,1-2H3,(H,24,26,27). The molecule has 0 fully saturated rings. The first-order valence-corrected chi connectivity index (χ1v) is 9.12. The maximum atomic E-state index is 12.3. The minimum Gasteiger partial charge on any atom is -0.338 e. The summed E-state index contributed by atoms with van der Waals surface area (Å²) in [5.41, 5.74) is 5.35. The molecule has 27 heavy (non-hydrogen) atoms. The van der Waals surface area contributed by atoms with Crippen LogP contribution in [0.3, 0.4) is 0 Å².